The lowest BCUT2D eigenvalue weighted by atomic mass is 10.6. The van der Waals surface area contributed by atoms with Gasteiger partial charge in [0.15, 0.2) is 12.4 Å². The minimum absolute atomic E-state index is 0.312. The quantitative estimate of drug-likeness (QED) is 0.373. The molecule has 0 fully saturated rings. The summed E-state index contributed by atoms with van der Waals surface area (Å²) in [5, 5.41) is 16.1. The zero-order valence-corrected chi connectivity index (χ0v) is 4.33. The smallest absolute Gasteiger partial charge is 0.193 e. The van der Waals surface area contributed by atoms with Crippen molar-refractivity contribution in [2.45, 2.75) is 0 Å². The Kier molecular flexibility index (Phi) is 3.30. The van der Waals surface area contributed by atoms with Gasteiger partial charge in [0.05, 0.1) is 6.54 Å². The van der Waals surface area contributed by atoms with Gasteiger partial charge in [-0.3, -0.25) is 0 Å². The molecule has 8 heavy (non-hydrogen) atoms. The van der Waals surface area contributed by atoms with Gasteiger partial charge in [0.2, 0.25) is 0 Å². The number of hydrogen-bond acceptors (Lipinski definition) is 4. The number of rotatable bonds is 2. The summed E-state index contributed by atoms with van der Waals surface area (Å²) >= 11 is 0. The summed E-state index contributed by atoms with van der Waals surface area (Å²) in [6.45, 7) is 0.647. The Bertz CT molecular complexity index is 114. The fraction of sp³-hybridized carbons (Fsp3) is 0.500. The van der Waals surface area contributed by atoms with E-state index in [-0.39, 0.29) is 0 Å². The van der Waals surface area contributed by atoms with E-state index in [0.29, 0.717) is 13.1 Å². The van der Waals surface area contributed by atoms with Crippen molar-refractivity contribution in [3.05, 3.63) is 0 Å². The predicted octanol–water partition coefficient (Wildman–Crippen LogP) is -0.791. The maximum Gasteiger partial charge on any atom is 0.193 e. The third-order valence-corrected chi connectivity index (χ3v) is 0.594. The summed E-state index contributed by atoms with van der Waals surface area (Å²) < 4.78 is 0. The van der Waals surface area contributed by atoms with E-state index in [1.165, 1.54) is 0 Å². The predicted molar refractivity (Wildman–Crippen MR) is 27.0 cm³/mol. The fourth-order valence-electron chi connectivity index (χ4n) is 0.251. The molecule has 0 aliphatic heterocycles. The minimum Gasteiger partial charge on any atom is -0.329 e. The van der Waals surface area contributed by atoms with Crippen LogP contribution >= 0.6 is 0 Å². The molecule has 4 nitrogen and oxygen atoms in total. The zero-order chi connectivity index (χ0) is 6.41. The molecule has 0 bridgehead atoms. The van der Waals surface area contributed by atoms with Gasteiger partial charge in [-0.05, 0) is 0 Å². The van der Waals surface area contributed by atoms with Crippen molar-refractivity contribution in [1.82, 2.24) is 4.90 Å². The van der Waals surface area contributed by atoms with Crippen LogP contribution in [0, 0.1) is 22.9 Å². The second-order valence-electron chi connectivity index (χ2n) is 1.14. The standard InChI is InChI=1S/C4H6N4/c5-1-2-8(3-6)4-7/h1-2,5H2. The zero-order valence-electron chi connectivity index (χ0n) is 4.33. The van der Waals surface area contributed by atoms with E-state index < -0.39 is 0 Å². The highest BCUT2D eigenvalue weighted by Gasteiger charge is 1.92. The van der Waals surface area contributed by atoms with E-state index in [1.807, 2.05) is 0 Å². The monoisotopic (exact) mass is 110 g/mol. The molecule has 42 valence electrons. The minimum atomic E-state index is 0.312. The van der Waals surface area contributed by atoms with Crippen LogP contribution in [0.25, 0.3) is 0 Å². The van der Waals surface area contributed by atoms with Crippen molar-refractivity contribution in [3.63, 3.8) is 0 Å². The molecule has 0 radical (unpaired) electrons. The van der Waals surface area contributed by atoms with Crippen LogP contribution in [-0.4, -0.2) is 18.0 Å². The highest BCUT2D eigenvalue weighted by Crippen LogP contribution is 1.74. The van der Waals surface area contributed by atoms with Crippen LogP contribution in [-0.2, 0) is 0 Å². The van der Waals surface area contributed by atoms with Crippen molar-refractivity contribution < 1.29 is 0 Å². The molecule has 0 atom stereocenters. The summed E-state index contributed by atoms with van der Waals surface area (Å²) in [6.07, 6.45) is 3.29. The van der Waals surface area contributed by atoms with Crippen molar-refractivity contribution in [2.24, 2.45) is 5.73 Å². The molecule has 0 aliphatic carbocycles. The SMILES string of the molecule is N#CN(C#N)CCN. The molecule has 0 aromatic rings. The second kappa shape index (κ2) is 3.91. The molecule has 0 aliphatic rings. The van der Waals surface area contributed by atoms with Gasteiger partial charge in [-0.15, -0.1) is 0 Å². The van der Waals surface area contributed by atoms with E-state index in [2.05, 4.69) is 0 Å². The maximum absolute atomic E-state index is 8.06. The molecule has 2 N–H and O–H groups in total. The molecule has 0 amide bonds. The lowest BCUT2D eigenvalue weighted by molar-refractivity contribution is 0.553. The van der Waals surface area contributed by atoms with Crippen LogP contribution in [0.5, 0.6) is 0 Å². The average molecular weight is 110 g/mol. The van der Waals surface area contributed by atoms with Crippen molar-refractivity contribution in [2.75, 3.05) is 13.1 Å². The van der Waals surface area contributed by atoms with E-state index in [9.17, 15) is 0 Å². The molecule has 0 unspecified atom stereocenters. The molecule has 0 saturated heterocycles. The summed E-state index contributed by atoms with van der Waals surface area (Å²) in [5.74, 6) is 0. The van der Waals surface area contributed by atoms with E-state index in [1.54, 1.807) is 12.4 Å². The number of nitrogens with two attached hydrogens (primary N) is 1. The Labute approximate surface area is 47.7 Å². The summed E-state index contributed by atoms with van der Waals surface area (Å²) in [6, 6.07) is 0. The molecule has 0 aromatic heterocycles. The molecule has 0 heterocycles. The second-order valence-corrected chi connectivity index (χ2v) is 1.14. The average Bonchev–Trinajstić information content (AvgIpc) is 1.83. The van der Waals surface area contributed by atoms with Gasteiger partial charge in [0.25, 0.3) is 0 Å². The first-order valence-corrected chi connectivity index (χ1v) is 2.12. The van der Waals surface area contributed by atoms with Crippen molar-refractivity contribution in [3.8, 4) is 12.4 Å². The van der Waals surface area contributed by atoms with Crippen LogP contribution in [0.1, 0.15) is 0 Å². The van der Waals surface area contributed by atoms with Gasteiger partial charge in [-0.1, -0.05) is 0 Å². The van der Waals surface area contributed by atoms with E-state index in [4.69, 9.17) is 16.3 Å². The van der Waals surface area contributed by atoms with E-state index >= 15 is 0 Å². The molecular weight excluding hydrogens is 104 g/mol. The van der Waals surface area contributed by atoms with Crippen LogP contribution in [0.3, 0.4) is 0 Å². The Hall–Kier alpha value is -1.26. The Balaban J connectivity index is 3.46. The van der Waals surface area contributed by atoms with E-state index in [0.717, 1.165) is 4.90 Å². The lowest BCUT2D eigenvalue weighted by Crippen LogP contribution is -2.19. The van der Waals surface area contributed by atoms with Crippen LogP contribution in [0.4, 0.5) is 0 Å². The maximum atomic E-state index is 8.06. The summed E-state index contributed by atoms with van der Waals surface area (Å²) in [5.41, 5.74) is 5.04. The van der Waals surface area contributed by atoms with Crippen LogP contribution < -0.4 is 5.73 Å². The number of nitriles is 2. The summed E-state index contributed by atoms with van der Waals surface area (Å²) in [4.78, 5) is 0.917. The van der Waals surface area contributed by atoms with Crippen molar-refractivity contribution >= 4 is 0 Å². The highest BCUT2D eigenvalue weighted by atomic mass is 15.1. The normalized spacial score (nSPS) is 6.88. The Morgan fingerprint density at radius 3 is 2.00 bits per heavy atom. The third-order valence-electron chi connectivity index (χ3n) is 0.594. The van der Waals surface area contributed by atoms with Crippen LogP contribution in [0.15, 0.2) is 0 Å². The molecular formula is C4H6N4. The van der Waals surface area contributed by atoms with Gasteiger partial charge in [0.1, 0.15) is 0 Å². The topological polar surface area (TPSA) is 76.8 Å². The summed E-state index contributed by atoms with van der Waals surface area (Å²) in [7, 11) is 0. The molecule has 0 aromatic carbocycles. The molecule has 0 spiro atoms. The third kappa shape index (κ3) is 2.01. The van der Waals surface area contributed by atoms with Gasteiger partial charge >= 0.3 is 0 Å². The number of nitrogens with zero attached hydrogens (tertiary/aromatic N) is 3. The Morgan fingerprint density at radius 1 is 1.38 bits per heavy atom. The first-order chi connectivity index (χ1) is 3.85. The molecule has 0 rings (SSSR count). The molecule has 0 saturated carbocycles. The van der Waals surface area contributed by atoms with Crippen molar-refractivity contribution in [1.29, 1.82) is 10.5 Å². The van der Waals surface area contributed by atoms with Gasteiger partial charge in [0, 0.05) is 6.54 Å². The van der Waals surface area contributed by atoms with Gasteiger partial charge in [-0.25, -0.2) is 4.90 Å². The fourth-order valence-corrected chi connectivity index (χ4v) is 0.251. The Morgan fingerprint density at radius 2 is 1.88 bits per heavy atom. The first-order valence-electron chi connectivity index (χ1n) is 2.12. The van der Waals surface area contributed by atoms with Gasteiger partial charge in [-0.2, -0.15) is 10.5 Å². The lowest BCUT2D eigenvalue weighted by Gasteiger charge is -1.98. The number of hydrogen-bond donors (Lipinski definition) is 1. The largest absolute Gasteiger partial charge is 0.329 e. The molecule has 4 heteroatoms. The first kappa shape index (κ1) is 6.74. The van der Waals surface area contributed by atoms with Crippen LogP contribution in [0.2, 0.25) is 0 Å². The highest BCUT2D eigenvalue weighted by molar-refractivity contribution is 4.85. The van der Waals surface area contributed by atoms with Gasteiger partial charge < -0.3 is 5.73 Å².